The van der Waals surface area contributed by atoms with Crippen molar-refractivity contribution in [2.24, 2.45) is 0 Å². The van der Waals surface area contributed by atoms with Crippen molar-refractivity contribution in [3.8, 4) is 0 Å². The third-order valence-electron chi connectivity index (χ3n) is 1.65. The first-order valence-corrected chi connectivity index (χ1v) is 3.55. The van der Waals surface area contributed by atoms with Crippen molar-refractivity contribution in [1.29, 1.82) is 0 Å². The number of hydrogen-bond donors (Lipinski definition) is 2. The predicted molar refractivity (Wildman–Crippen MR) is 70.1 cm³/mol. The first kappa shape index (κ1) is 16.5. The summed E-state index contributed by atoms with van der Waals surface area (Å²) in [5.74, 6) is 0.643. The molecular formula is C8H11Cl3N4. The minimum Gasteiger partial charge on any atom is -0.383 e. The fraction of sp³-hybridized carbons (Fsp3) is 0. The smallest absolute Gasteiger partial charge is 0.222 e. The van der Waals surface area contributed by atoms with Gasteiger partial charge in [0.2, 0.25) is 5.95 Å². The molecule has 1 heterocycles. The molecule has 0 aliphatic carbocycles. The van der Waals surface area contributed by atoms with Gasteiger partial charge in [0.15, 0.2) is 0 Å². The summed E-state index contributed by atoms with van der Waals surface area (Å²) in [6, 6.07) is 7.49. The summed E-state index contributed by atoms with van der Waals surface area (Å²) in [5.41, 5.74) is 11.8. The van der Waals surface area contributed by atoms with Gasteiger partial charge in [0, 0.05) is 5.39 Å². The second-order valence-electron chi connectivity index (χ2n) is 2.48. The van der Waals surface area contributed by atoms with Gasteiger partial charge in [-0.15, -0.1) is 37.2 Å². The highest BCUT2D eigenvalue weighted by atomic mass is 35.5. The van der Waals surface area contributed by atoms with Crippen molar-refractivity contribution in [2.75, 3.05) is 11.5 Å². The Balaban J connectivity index is 0. The molecule has 2 aromatic rings. The molecule has 2 rings (SSSR count). The zero-order valence-corrected chi connectivity index (χ0v) is 10.0. The average molecular weight is 270 g/mol. The van der Waals surface area contributed by atoms with Gasteiger partial charge >= 0.3 is 0 Å². The van der Waals surface area contributed by atoms with Crippen LogP contribution >= 0.6 is 37.2 Å². The Morgan fingerprint density at radius 2 is 1.47 bits per heavy atom. The van der Waals surface area contributed by atoms with E-state index < -0.39 is 0 Å². The van der Waals surface area contributed by atoms with Crippen molar-refractivity contribution in [1.82, 2.24) is 9.97 Å². The zero-order valence-electron chi connectivity index (χ0n) is 7.58. The molecule has 4 N–H and O–H groups in total. The first-order chi connectivity index (χ1) is 5.77. The van der Waals surface area contributed by atoms with Gasteiger partial charge < -0.3 is 11.5 Å². The highest BCUT2D eigenvalue weighted by Crippen LogP contribution is 2.17. The van der Waals surface area contributed by atoms with Gasteiger partial charge in [-0.1, -0.05) is 12.1 Å². The third kappa shape index (κ3) is 3.27. The Morgan fingerprint density at radius 3 is 2.13 bits per heavy atom. The van der Waals surface area contributed by atoms with E-state index in [1.807, 2.05) is 24.3 Å². The van der Waals surface area contributed by atoms with Crippen LogP contribution in [0.2, 0.25) is 0 Å². The molecular weight excluding hydrogens is 258 g/mol. The number of benzene rings is 1. The van der Waals surface area contributed by atoms with Crippen LogP contribution in [-0.2, 0) is 0 Å². The molecule has 0 unspecified atom stereocenters. The topological polar surface area (TPSA) is 77.8 Å². The molecule has 0 aliphatic rings. The van der Waals surface area contributed by atoms with Gasteiger partial charge in [0.25, 0.3) is 0 Å². The van der Waals surface area contributed by atoms with Crippen molar-refractivity contribution in [2.45, 2.75) is 0 Å². The lowest BCUT2D eigenvalue weighted by atomic mass is 10.2. The standard InChI is InChI=1S/C8H8N4.3ClH/c9-7-5-3-1-2-4-6(5)11-8(10)12-7;;;/h1-4H,(H4,9,10,11,12);3*1H. The maximum Gasteiger partial charge on any atom is 0.222 e. The molecule has 1 aromatic heterocycles. The summed E-state index contributed by atoms with van der Waals surface area (Å²) < 4.78 is 0. The minimum absolute atomic E-state index is 0. The van der Waals surface area contributed by atoms with E-state index in [1.54, 1.807) is 0 Å². The van der Waals surface area contributed by atoms with E-state index >= 15 is 0 Å². The van der Waals surface area contributed by atoms with Crippen LogP contribution in [0.5, 0.6) is 0 Å². The largest absolute Gasteiger partial charge is 0.383 e. The van der Waals surface area contributed by atoms with Crippen molar-refractivity contribution in [3.63, 3.8) is 0 Å². The Morgan fingerprint density at radius 1 is 0.867 bits per heavy atom. The lowest BCUT2D eigenvalue weighted by Crippen LogP contribution is -1.99. The fourth-order valence-corrected chi connectivity index (χ4v) is 1.12. The Labute approximate surface area is 106 Å². The van der Waals surface area contributed by atoms with Crippen LogP contribution in [0.25, 0.3) is 10.9 Å². The molecule has 15 heavy (non-hydrogen) atoms. The SMILES string of the molecule is Cl.Cl.Cl.Nc1nc(N)c2ccccc2n1. The number of rotatable bonds is 0. The summed E-state index contributed by atoms with van der Waals surface area (Å²) in [4.78, 5) is 7.87. The third-order valence-corrected chi connectivity index (χ3v) is 1.65. The van der Waals surface area contributed by atoms with E-state index in [4.69, 9.17) is 11.5 Å². The van der Waals surface area contributed by atoms with Crippen LogP contribution < -0.4 is 11.5 Å². The van der Waals surface area contributed by atoms with Gasteiger partial charge in [0.1, 0.15) is 5.82 Å². The van der Waals surface area contributed by atoms with Gasteiger partial charge in [-0.05, 0) is 12.1 Å². The van der Waals surface area contributed by atoms with Crippen molar-refractivity contribution >= 4 is 59.9 Å². The highest BCUT2D eigenvalue weighted by Gasteiger charge is 2.00. The number of anilines is 2. The van der Waals surface area contributed by atoms with Crippen LogP contribution in [0.4, 0.5) is 11.8 Å². The highest BCUT2D eigenvalue weighted by molar-refractivity contribution is 5.88. The molecule has 7 heteroatoms. The number of para-hydroxylation sites is 1. The fourth-order valence-electron chi connectivity index (χ4n) is 1.12. The molecule has 0 atom stereocenters. The number of nitrogens with two attached hydrogens (primary N) is 2. The van der Waals surface area contributed by atoms with Crippen LogP contribution in [0, 0.1) is 0 Å². The lowest BCUT2D eigenvalue weighted by Gasteiger charge is -2.00. The van der Waals surface area contributed by atoms with E-state index in [0.29, 0.717) is 5.82 Å². The average Bonchev–Trinajstić information content (AvgIpc) is 2.04. The number of nitrogen functional groups attached to an aromatic ring is 2. The van der Waals surface area contributed by atoms with E-state index in [0.717, 1.165) is 10.9 Å². The molecule has 0 spiro atoms. The first-order valence-electron chi connectivity index (χ1n) is 3.55. The quantitative estimate of drug-likeness (QED) is 0.767. The number of nitrogens with zero attached hydrogens (tertiary/aromatic N) is 2. The van der Waals surface area contributed by atoms with Gasteiger partial charge in [-0.3, -0.25) is 0 Å². The monoisotopic (exact) mass is 268 g/mol. The number of aromatic nitrogens is 2. The molecule has 84 valence electrons. The van der Waals surface area contributed by atoms with Crippen LogP contribution in [0.15, 0.2) is 24.3 Å². The number of fused-ring (bicyclic) bond motifs is 1. The zero-order chi connectivity index (χ0) is 8.55. The van der Waals surface area contributed by atoms with E-state index in [2.05, 4.69) is 9.97 Å². The van der Waals surface area contributed by atoms with Gasteiger partial charge in [0.05, 0.1) is 5.52 Å². The predicted octanol–water partition coefficient (Wildman–Crippen LogP) is 2.06. The number of hydrogen-bond acceptors (Lipinski definition) is 4. The molecule has 0 radical (unpaired) electrons. The maximum atomic E-state index is 5.63. The molecule has 0 saturated carbocycles. The Bertz CT molecular complexity index is 435. The molecule has 4 nitrogen and oxygen atoms in total. The molecule has 0 fully saturated rings. The van der Waals surface area contributed by atoms with Crippen molar-refractivity contribution in [3.05, 3.63) is 24.3 Å². The molecule has 0 bridgehead atoms. The molecule has 0 saturated heterocycles. The van der Waals surface area contributed by atoms with E-state index in [-0.39, 0.29) is 43.2 Å². The minimum atomic E-state index is 0. The van der Waals surface area contributed by atoms with E-state index in [9.17, 15) is 0 Å². The van der Waals surface area contributed by atoms with Crippen LogP contribution in [-0.4, -0.2) is 9.97 Å². The van der Waals surface area contributed by atoms with Crippen LogP contribution in [0.1, 0.15) is 0 Å². The summed E-state index contributed by atoms with van der Waals surface area (Å²) >= 11 is 0. The Hall–Kier alpha value is -0.970. The summed E-state index contributed by atoms with van der Waals surface area (Å²) in [7, 11) is 0. The second-order valence-corrected chi connectivity index (χ2v) is 2.48. The lowest BCUT2D eigenvalue weighted by molar-refractivity contribution is 1.25. The molecule has 1 aromatic carbocycles. The number of halogens is 3. The molecule has 0 amide bonds. The summed E-state index contributed by atoms with van der Waals surface area (Å²) in [6.07, 6.45) is 0. The summed E-state index contributed by atoms with van der Waals surface area (Å²) in [6.45, 7) is 0. The van der Waals surface area contributed by atoms with Crippen LogP contribution in [0.3, 0.4) is 0 Å². The van der Waals surface area contributed by atoms with Gasteiger partial charge in [-0.2, -0.15) is 4.98 Å². The van der Waals surface area contributed by atoms with Crippen molar-refractivity contribution < 1.29 is 0 Å². The normalized spacial score (nSPS) is 8.27. The molecule has 0 aliphatic heterocycles. The van der Waals surface area contributed by atoms with Gasteiger partial charge in [-0.25, -0.2) is 4.98 Å². The second kappa shape index (κ2) is 6.50. The Kier molecular flexibility index (Phi) is 7.13. The maximum absolute atomic E-state index is 5.63. The summed E-state index contributed by atoms with van der Waals surface area (Å²) in [5, 5.41) is 0.840. The van der Waals surface area contributed by atoms with E-state index in [1.165, 1.54) is 0 Å².